The van der Waals surface area contributed by atoms with E-state index in [0.29, 0.717) is 5.56 Å². The van der Waals surface area contributed by atoms with Crippen molar-refractivity contribution in [2.24, 2.45) is 0 Å². The van der Waals surface area contributed by atoms with Crippen LogP contribution in [0.15, 0.2) is 66.9 Å². The Morgan fingerprint density at radius 1 is 0.947 bits per heavy atom. The van der Waals surface area contributed by atoms with E-state index in [0.717, 1.165) is 12.0 Å². The number of ether oxygens (including phenoxy) is 1. The maximum absolute atomic E-state index is 11.8. The molecular formula is C17H14O2. The van der Waals surface area contributed by atoms with E-state index >= 15 is 0 Å². The fourth-order valence-corrected chi connectivity index (χ4v) is 2.39. The van der Waals surface area contributed by atoms with Crippen LogP contribution in [-0.4, -0.2) is 5.97 Å². The van der Waals surface area contributed by atoms with Crippen molar-refractivity contribution in [1.82, 2.24) is 0 Å². The number of rotatable bonds is 1. The van der Waals surface area contributed by atoms with Crippen molar-refractivity contribution in [3.63, 3.8) is 0 Å². The van der Waals surface area contributed by atoms with Gasteiger partial charge in [0.05, 0.1) is 11.8 Å². The predicted molar refractivity (Wildman–Crippen MR) is 73.9 cm³/mol. The Balaban J connectivity index is 2.00. The van der Waals surface area contributed by atoms with Gasteiger partial charge < -0.3 is 4.74 Å². The Morgan fingerprint density at radius 3 is 2.53 bits per heavy atom. The summed E-state index contributed by atoms with van der Waals surface area (Å²) in [6, 6.07) is 17.9. The van der Waals surface area contributed by atoms with Crippen molar-refractivity contribution in [2.75, 3.05) is 0 Å². The van der Waals surface area contributed by atoms with Crippen LogP contribution in [-0.2, 0) is 11.2 Å². The standard InChI is InChI=1S/C17H14O2/c18-17-16-9-5-4-8-15(16)12-14(10-11-19-17)13-6-2-1-3-7-13/h1-11,14H,12H2/b11-10-/t14-/m1/s1. The third-order valence-electron chi connectivity index (χ3n) is 3.39. The lowest BCUT2D eigenvalue weighted by atomic mass is 9.89. The van der Waals surface area contributed by atoms with Gasteiger partial charge in [0, 0.05) is 5.92 Å². The normalized spacial score (nSPS) is 19.8. The zero-order chi connectivity index (χ0) is 13.1. The van der Waals surface area contributed by atoms with E-state index in [9.17, 15) is 4.79 Å². The molecule has 1 atom stereocenters. The summed E-state index contributed by atoms with van der Waals surface area (Å²) in [4.78, 5) is 11.8. The van der Waals surface area contributed by atoms with E-state index < -0.39 is 0 Å². The minimum absolute atomic E-state index is 0.232. The van der Waals surface area contributed by atoms with E-state index in [1.54, 1.807) is 0 Å². The molecule has 0 saturated carbocycles. The number of hydrogen-bond donors (Lipinski definition) is 0. The van der Waals surface area contributed by atoms with Crippen molar-refractivity contribution in [2.45, 2.75) is 12.3 Å². The summed E-state index contributed by atoms with van der Waals surface area (Å²) in [6.45, 7) is 0. The second-order valence-corrected chi connectivity index (χ2v) is 4.61. The fourth-order valence-electron chi connectivity index (χ4n) is 2.39. The molecule has 19 heavy (non-hydrogen) atoms. The number of cyclic esters (lactones) is 1. The Labute approximate surface area is 112 Å². The average Bonchev–Trinajstić information content (AvgIpc) is 2.45. The molecule has 0 amide bonds. The summed E-state index contributed by atoms with van der Waals surface area (Å²) in [5, 5.41) is 0. The zero-order valence-corrected chi connectivity index (χ0v) is 10.5. The lowest BCUT2D eigenvalue weighted by Gasteiger charge is -2.17. The summed E-state index contributed by atoms with van der Waals surface area (Å²) in [5.41, 5.74) is 2.92. The monoisotopic (exact) mass is 250 g/mol. The van der Waals surface area contributed by atoms with Crippen LogP contribution < -0.4 is 0 Å². The van der Waals surface area contributed by atoms with Gasteiger partial charge in [-0.25, -0.2) is 4.79 Å². The highest BCUT2D eigenvalue weighted by molar-refractivity contribution is 5.91. The second-order valence-electron chi connectivity index (χ2n) is 4.61. The quantitative estimate of drug-likeness (QED) is 0.721. The van der Waals surface area contributed by atoms with Crippen LogP contribution in [0.2, 0.25) is 0 Å². The Kier molecular flexibility index (Phi) is 3.15. The van der Waals surface area contributed by atoms with Crippen LogP contribution in [0.3, 0.4) is 0 Å². The first-order valence-corrected chi connectivity index (χ1v) is 6.35. The molecule has 2 nitrogen and oxygen atoms in total. The van der Waals surface area contributed by atoms with Crippen LogP contribution in [0.4, 0.5) is 0 Å². The number of allylic oxidation sites excluding steroid dienone is 1. The molecule has 0 saturated heterocycles. The van der Waals surface area contributed by atoms with E-state index in [4.69, 9.17) is 4.74 Å². The first-order chi connectivity index (χ1) is 9.34. The van der Waals surface area contributed by atoms with Gasteiger partial charge in [0.25, 0.3) is 0 Å². The smallest absolute Gasteiger partial charge is 0.343 e. The van der Waals surface area contributed by atoms with Crippen molar-refractivity contribution in [3.05, 3.63) is 83.6 Å². The highest BCUT2D eigenvalue weighted by Gasteiger charge is 2.18. The first-order valence-electron chi connectivity index (χ1n) is 6.35. The molecule has 1 heterocycles. The van der Waals surface area contributed by atoms with Gasteiger partial charge in [-0.2, -0.15) is 0 Å². The van der Waals surface area contributed by atoms with Crippen molar-refractivity contribution >= 4 is 5.97 Å². The molecule has 1 aliphatic rings. The molecule has 0 spiro atoms. The van der Waals surface area contributed by atoms with Gasteiger partial charge in [-0.15, -0.1) is 0 Å². The largest absolute Gasteiger partial charge is 0.431 e. The zero-order valence-electron chi connectivity index (χ0n) is 10.5. The summed E-state index contributed by atoms with van der Waals surface area (Å²) in [6.07, 6.45) is 4.27. The molecule has 2 aromatic carbocycles. The predicted octanol–water partition coefficient (Wildman–Crippen LogP) is 3.70. The number of benzene rings is 2. The van der Waals surface area contributed by atoms with E-state index in [2.05, 4.69) is 12.1 Å². The molecule has 0 aliphatic carbocycles. The number of esters is 1. The molecule has 0 aromatic heterocycles. The first kappa shape index (κ1) is 11.7. The number of carbonyl (C=O) groups excluding carboxylic acids is 1. The lowest BCUT2D eigenvalue weighted by Crippen LogP contribution is -2.11. The Bertz CT molecular complexity index is 614. The van der Waals surface area contributed by atoms with Crippen LogP contribution in [0.25, 0.3) is 0 Å². The highest BCUT2D eigenvalue weighted by Crippen LogP contribution is 2.26. The highest BCUT2D eigenvalue weighted by atomic mass is 16.5. The SMILES string of the molecule is O=C1O/C=C\[C@@H](c2ccccc2)Cc2ccccc21. The van der Waals surface area contributed by atoms with Crippen molar-refractivity contribution in [1.29, 1.82) is 0 Å². The van der Waals surface area contributed by atoms with Gasteiger partial charge in [0.1, 0.15) is 0 Å². The average molecular weight is 250 g/mol. The molecule has 94 valence electrons. The molecule has 0 radical (unpaired) electrons. The molecule has 0 bridgehead atoms. The summed E-state index contributed by atoms with van der Waals surface area (Å²) in [5.74, 6) is -0.0474. The number of carbonyl (C=O) groups is 1. The van der Waals surface area contributed by atoms with Gasteiger partial charge in [0.15, 0.2) is 0 Å². The molecule has 0 fully saturated rings. The van der Waals surface area contributed by atoms with E-state index in [1.807, 2.05) is 48.5 Å². The molecule has 2 heteroatoms. The van der Waals surface area contributed by atoms with Crippen LogP contribution in [0, 0.1) is 0 Å². The third kappa shape index (κ3) is 2.43. The van der Waals surface area contributed by atoms with Gasteiger partial charge >= 0.3 is 5.97 Å². The second kappa shape index (κ2) is 5.11. The molecule has 0 N–H and O–H groups in total. The fraction of sp³-hybridized carbons (Fsp3) is 0.118. The number of hydrogen-bond acceptors (Lipinski definition) is 2. The van der Waals surface area contributed by atoms with Gasteiger partial charge in [-0.1, -0.05) is 48.5 Å². The van der Waals surface area contributed by atoms with Crippen molar-refractivity contribution in [3.8, 4) is 0 Å². The Hall–Kier alpha value is -2.35. The summed E-state index contributed by atoms with van der Waals surface area (Å²) >= 11 is 0. The number of fused-ring (bicyclic) bond motifs is 1. The third-order valence-corrected chi connectivity index (χ3v) is 3.39. The molecular weight excluding hydrogens is 236 g/mol. The van der Waals surface area contributed by atoms with E-state index in [-0.39, 0.29) is 11.9 Å². The molecule has 2 aromatic rings. The maximum Gasteiger partial charge on any atom is 0.343 e. The van der Waals surface area contributed by atoms with E-state index in [1.165, 1.54) is 11.8 Å². The summed E-state index contributed by atoms with van der Waals surface area (Å²) in [7, 11) is 0. The summed E-state index contributed by atoms with van der Waals surface area (Å²) < 4.78 is 5.14. The van der Waals surface area contributed by atoms with Gasteiger partial charge in [0.2, 0.25) is 0 Å². The maximum atomic E-state index is 11.8. The van der Waals surface area contributed by atoms with Crippen LogP contribution in [0.1, 0.15) is 27.4 Å². The molecule has 3 rings (SSSR count). The van der Waals surface area contributed by atoms with Gasteiger partial charge in [-0.05, 0) is 29.7 Å². The van der Waals surface area contributed by atoms with Crippen molar-refractivity contribution < 1.29 is 9.53 Å². The molecule has 0 unspecified atom stereocenters. The molecule has 1 aliphatic heterocycles. The minimum atomic E-state index is -0.279. The topological polar surface area (TPSA) is 26.3 Å². The van der Waals surface area contributed by atoms with Crippen LogP contribution >= 0.6 is 0 Å². The minimum Gasteiger partial charge on any atom is -0.431 e. The lowest BCUT2D eigenvalue weighted by molar-refractivity contribution is 0.0658. The van der Waals surface area contributed by atoms with Crippen LogP contribution in [0.5, 0.6) is 0 Å². The van der Waals surface area contributed by atoms with Gasteiger partial charge in [-0.3, -0.25) is 0 Å². The Morgan fingerprint density at radius 2 is 1.68 bits per heavy atom.